The van der Waals surface area contributed by atoms with Crippen molar-refractivity contribution in [3.63, 3.8) is 0 Å². The number of hydrogen-bond donors (Lipinski definition) is 1. The van der Waals surface area contributed by atoms with Crippen molar-refractivity contribution >= 4 is 11.4 Å². The number of morpholine rings is 1. The van der Waals surface area contributed by atoms with E-state index >= 15 is 0 Å². The molecule has 0 radical (unpaired) electrons. The molecule has 7 heteroatoms. The van der Waals surface area contributed by atoms with Crippen LogP contribution in [0.4, 0.5) is 11.4 Å². The number of nitrogens with zero attached hydrogens (tertiary/aromatic N) is 2. The van der Waals surface area contributed by atoms with Gasteiger partial charge in [0.1, 0.15) is 17.0 Å². The number of rotatable bonds is 3. The van der Waals surface area contributed by atoms with Gasteiger partial charge in [0.05, 0.1) is 23.7 Å². The predicted molar refractivity (Wildman–Crippen MR) is 85.2 cm³/mol. The number of ether oxygens (including phenoxy) is 2. The van der Waals surface area contributed by atoms with Gasteiger partial charge < -0.3 is 19.5 Å². The van der Waals surface area contributed by atoms with E-state index in [1.54, 1.807) is 19.1 Å². The van der Waals surface area contributed by atoms with Crippen LogP contribution in [0.15, 0.2) is 12.1 Å². The Kier molecular flexibility index (Phi) is 3.72. The second-order valence-corrected chi connectivity index (χ2v) is 7.12. The highest BCUT2D eigenvalue weighted by molar-refractivity contribution is 5.69. The summed E-state index contributed by atoms with van der Waals surface area (Å²) in [5.41, 5.74) is 0.328. The second kappa shape index (κ2) is 5.35. The van der Waals surface area contributed by atoms with Crippen LogP contribution in [0.2, 0.25) is 0 Å². The number of anilines is 1. The zero-order valence-electron chi connectivity index (χ0n) is 13.7. The van der Waals surface area contributed by atoms with Crippen LogP contribution in [-0.2, 0) is 11.2 Å². The number of aliphatic hydroxyl groups is 1. The molecule has 126 valence electrons. The molecule has 7 nitrogen and oxygen atoms in total. The monoisotopic (exact) mass is 322 g/mol. The minimum atomic E-state index is -0.709. The highest BCUT2D eigenvalue weighted by Gasteiger charge is 2.38. The van der Waals surface area contributed by atoms with Gasteiger partial charge in [-0.25, -0.2) is 0 Å². The fraction of sp³-hybridized carbons (Fsp3) is 0.625. The minimum Gasteiger partial charge on any atom is -0.484 e. The van der Waals surface area contributed by atoms with Crippen LogP contribution in [0.5, 0.6) is 5.75 Å². The minimum absolute atomic E-state index is 0.0761. The first kappa shape index (κ1) is 16.0. The molecule has 3 rings (SSSR count). The summed E-state index contributed by atoms with van der Waals surface area (Å²) >= 11 is 0. The van der Waals surface area contributed by atoms with Gasteiger partial charge in [-0.1, -0.05) is 0 Å². The number of hydrogen-bond acceptors (Lipinski definition) is 6. The van der Waals surface area contributed by atoms with E-state index in [1.807, 2.05) is 18.7 Å². The Bertz CT molecular complexity index is 646. The Labute approximate surface area is 135 Å². The standard InChI is InChI=1S/C16H22N2O5/c1-15(2)9-17(4-5-22-15)12-7-14-11(6-13(12)18(20)21)8-16(3,10-19)23-14/h6-7,19H,4-5,8-10H2,1-3H3. The molecule has 23 heavy (non-hydrogen) atoms. The lowest BCUT2D eigenvalue weighted by Crippen LogP contribution is -2.48. The third kappa shape index (κ3) is 2.98. The molecular formula is C16H22N2O5. The Morgan fingerprint density at radius 2 is 2.13 bits per heavy atom. The van der Waals surface area contributed by atoms with Crippen molar-refractivity contribution in [1.82, 2.24) is 0 Å². The van der Waals surface area contributed by atoms with Gasteiger partial charge >= 0.3 is 0 Å². The number of nitro groups is 1. The molecule has 1 atom stereocenters. The summed E-state index contributed by atoms with van der Waals surface area (Å²) in [5, 5.41) is 21.0. The molecule has 0 amide bonds. The molecule has 0 saturated carbocycles. The van der Waals surface area contributed by atoms with Crippen LogP contribution in [0.1, 0.15) is 26.3 Å². The first-order valence-electron chi connectivity index (χ1n) is 7.73. The molecule has 1 aromatic rings. The van der Waals surface area contributed by atoms with Crippen molar-refractivity contribution < 1.29 is 19.5 Å². The van der Waals surface area contributed by atoms with Gasteiger partial charge in [-0.3, -0.25) is 10.1 Å². The average molecular weight is 322 g/mol. The topological polar surface area (TPSA) is 85.1 Å². The van der Waals surface area contributed by atoms with Crippen LogP contribution in [0.25, 0.3) is 0 Å². The second-order valence-electron chi connectivity index (χ2n) is 7.12. The summed E-state index contributed by atoms with van der Waals surface area (Å²) in [6, 6.07) is 3.31. The highest BCUT2D eigenvalue weighted by Crippen LogP contribution is 2.43. The van der Waals surface area contributed by atoms with Crippen molar-refractivity contribution in [1.29, 1.82) is 0 Å². The first-order chi connectivity index (χ1) is 10.7. The molecule has 1 aromatic carbocycles. The highest BCUT2D eigenvalue weighted by atomic mass is 16.6. The third-order valence-corrected chi connectivity index (χ3v) is 4.38. The first-order valence-corrected chi connectivity index (χ1v) is 7.73. The average Bonchev–Trinajstić information content (AvgIpc) is 2.81. The number of benzene rings is 1. The summed E-state index contributed by atoms with van der Waals surface area (Å²) in [5.74, 6) is 0.617. The molecule has 1 fully saturated rings. The van der Waals surface area contributed by atoms with E-state index in [0.717, 1.165) is 5.56 Å². The predicted octanol–water partition coefficient (Wildman–Crippen LogP) is 1.90. The summed E-state index contributed by atoms with van der Waals surface area (Å²) in [6.07, 6.45) is 0.467. The van der Waals surface area contributed by atoms with Crippen molar-refractivity contribution in [3.8, 4) is 5.75 Å². The quantitative estimate of drug-likeness (QED) is 0.676. The van der Waals surface area contributed by atoms with E-state index in [-0.39, 0.29) is 22.8 Å². The molecule has 0 aromatic heterocycles. The van der Waals surface area contributed by atoms with Crippen LogP contribution < -0.4 is 9.64 Å². The summed E-state index contributed by atoms with van der Waals surface area (Å²) < 4.78 is 11.5. The third-order valence-electron chi connectivity index (χ3n) is 4.38. The van der Waals surface area contributed by atoms with Crippen LogP contribution in [0.3, 0.4) is 0 Å². The van der Waals surface area contributed by atoms with Crippen molar-refractivity contribution in [3.05, 3.63) is 27.8 Å². The Morgan fingerprint density at radius 1 is 1.39 bits per heavy atom. The lowest BCUT2D eigenvalue weighted by Gasteiger charge is -2.39. The van der Waals surface area contributed by atoms with Crippen molar-refractivity contribution in [2.75, 3.05) is 31.2 Å². The molecule has 0 aliphatic carbocycles. The fourth-order valence-corrected chi connectivity index (χ4v) is 3.25. The molecule has 1 N–H and O–H groups in total. The lowest BCUT2D eigenvalue weighted by atomic mass is 9.99. The maximum Gasteiger partial charge on any atom is 0.293 e. The van der Waals surface area contributed by atoms with Crippen molar-refractivity contribution in [2.24, 2.45) is 0 Å². The van der Waals surface area contributed by atoms with Gasteiger partial charge in [0, 0.05) is 37.2 Å². The fourth-order valence-electron chi connectivity index (χ4n) is 3.25. The number of nitro benzene ring substituents is 1. The van der Waals surface area contributed by atoms with E-state index in [9.17, 15) is 15.2 Å². The van der Waals surface area contributed by atoms with E-state index < -0.39 is 5.60 Å². The Balaban J connectivity index is 2.01. The van der Waals surface area contributed by atoms with Crippen LogP contribution in [0, 0.1) is 10.1 Å². The zero-order chi connectivity index (χ0) is 16.8. The van der Waals surface area contributed by atoms with Gasteiger partial charge in [0.2, 0.25) is 0 Å². The number of fused-ring (bicyclic) bond motifs is 1. The van der Waals surface area contributed by atoms with E-state index in [0.29, 0.717) is 37.6 Å². The van der Waals surface area contributed by atoms with Gasteiger partial charge in [-0.2, -0.15) is 0 Å². The molecule has 1 saturated heterocycles. The summed E-state index contributed by atoms with van der Waals surface area (Å²) in [7, 11) is 0. The van der Waals surface area contributed by atoms with Gasteiger partial charge in [0.15, 0.2) is 0 Å². The van der Waals surface area contributed by atoms with Gasteiger partial charge in [-0.15, -0.1) is 0 Å². The molecule has 0 bridgehead atoms. The lowest BCUT2D eigenvalue weighted by molar-refractivity contribution is -0.384. The van der Waals surface area contributed by atoms with Crippen LogP contribution in [-0.4, -0.2) is 47.5 Å². The maximum absolute atomic E-state index is 11.5. The van der Waals surface area contributed by atoms with Gasteiger partial charge in [-0.05, 0) is 20.8 Å². The number of aliphatic hydroxyl groups excluding tert-OH is 1. The molecular weight excluding hydrogens is 300 g/mol. The summed E-state index contributed by atoms with van der Waals surface area (Å²) in [6.45, 7) is 7.31. The van der Waals surface area contributed by atoms with E-state index in [1.165, 1.54) is 0 Å². The van der Waals surface area contributed by atoms with Crippen molar-refractivity contribution in [2.45, 2.75) is 38.4 Å². The molecule has 1 unspecified atom stereocenters. The van der Waals surface area contributed by atoms with Gasteiger partial charge in [0.25, 0.3) is 5.69 Å². The van der Waals surface area contributed by atoms with Crippen LogP contribution >= 0.6 is 0 Å². The van der Waals surface area contributed by atoms with E-state index in [4.69, 9.17) is 9.47 Å². The maximum atomic E-state index is 11.5. The normalized spacial score (nSPS) is 25.8. The smallest absolute Gasteiger partial charge is 0.293 e. The molecule has 2 heterocycles. The Morgan fingerprint density at radius 3 is 2.74 bits per heavy atom. The largest absolute Gasteiger partial charge is 0.484 e. The molecule has 2 aliphatic rings. The van der Waals surface area contributed by atoms with E-state index in [2.05, 4.69) is 0 Å². The summed E-state index contributed by atoms with van der Waals surface area (Å²) in [4.78, 5) is 13.1. The molecule has 2 aliphatic heterocycles. The molecule has 0 spiro atoms. The Hall–Kier alpha value is -1.86. The zero-order valence-corrected chi connectivity index (χ0v) is 13.7. The SMILES string of the molecule is CC1(C)CN(c2cc3c(cc2[N+](=O)[O-])CC(C)(CO)O3)CCO1.